The van der Waals surface area contributed by atoms with Gasteiger partial charge in [0.2, 0.25) is 5.91 Å². The number of anilines is 1. The second-order valence-corrected chi connectivity index (χ2v) is 6.90. The van der Waals surface area contributed by atoms with Gasteiger partial charge in [-0.3, -0.25) is 9.69 Å². The topological polar surface area (TPSA) is 41.6 Å². The van der Waals surface area contributed by atoms with Crippen molar-refractivity contribution in [2.24, 2.45) is 0 Å². The molecule has 1 aliphatic heterocycles. The van der Waals surface area contributed by atoms with Gasteiger partial charge < -0.3 is 10.1 Å². The van der Waals surface area contributed by atoms with Crippen molar-refractivity contribution in [3.05, 3.63) is 64.9 Å². The van der Waals surface area contributed by atoms with Gasteiger partial charge in [-0.15, -0.1) is 0 Å². The number of carbonyl (C=O) groups excluding carboxylic acids is 1. The van der Waals surface area contributed by atoms with Crippen LogP contribution in [0.2, 0.25) is 5.02 Å². The second kappa shape index (κ2) is 9.12. The first-order chi connectivity index (χ1) is 12.6. The van der Waals surface area contributed by atoms with Crippen LogP contribution in [0.4, 0.5) is 10.1 Å². The van der Waals surface area contributed by atoms with Gasteiger partial charge in [0, 0.05) is 24.7 Å². The van der Waals surface area contributed by atoms with E-state index in [1.807, 2.05) is 35.2 Å². The van der Waals surface area contributed by atoms with E-state index in [2.05, 4.69) is 5.32 Å². The average molecular weight is 377 g/mol. The molecule has 0 aromatic heterocycles. The lowest BCUT2D eigenvalue weighted by molar-refractivity contribution is -0.117. The third-order valence-corrected chi connectivity index (χ3v) is 4.54. The fraction of sp³-hybridized carbons (Fsp3) is 0.350. The van der Waals surface area contributed by atoms with Gasteiger partial charge in [0.1, 0.15) is 5.82 Å². The second-order valence-electron chi connectivity index (χ2n) is 6.46. The normalized spacial score (nSPS) is 16.8. The molecule has 1 fully saturated rings. The maximum Gasteiger partial charge on any atom is 0.238 e. The molecule has 6 heteroatoms. The van der Waals surface area contributed by atoms with E-state index in [1.165, 1.54) is 18.2 Å². The Bertz CT molecular complexity index is 736. The zero-order valence-corrected chi connectivity index (χ0v) is 15.2. The molecule has 1 N–H and O–H groups in total. The molecule has 4 nitrogen and oxygen atoms in total. The largest absolute Gasteiger partial charge is 0.377 e. The summed E-state index contributed by atoms with van der Waals surface area (Å²) in [4.78, 5) is 14.5. The Kier molecular flexibility index (Phi) is 6.61. The summed E-state index contributed by atoms with van der Waals surface area (Å²) in [5.74, 6) is -0.781. The number of rotatable bonds is 7. The number of hydrogen-bond acceptors (Lipinski definition) is 3. The number of nitrogens with zero attached hydrogens (tertiary/aromatic N) is 1. The first-order valence-electron chi connectivity index (χ1n) is 8.73. The van der Waals surface area contributed by atoms with Gasteiger partial charge in [0.25, 0.3) is 0 Å². The molecule has 3 rings (SSSR count). The molecule has 0 aliphatic carbocycles. The number of halogens is 2. The van der Waals surface area contributed by atoms with Crippen molar-refractivity contribution in [1.82, 2.24) is 4.90 Å². The van der Waals surface area contributed by atoms with Crippen molar-refractivity contribution >= 4 is 23.2 Å². The molecule has 1 saturated heterocycles. The van der Waals surface area contributed by atoms with Crippen LogP contribution in [0.3, 0.4) is 0 Å². The number of nitrogens with one attached hydrogen (secondary N) is 1. The quantitative estimate of drug-likeness (QED) is 0.791. The highest BCUT2D eigenvalue weighted by atomic mass is 35.5. The van der Waals surface area contributed by atoms with Crippen LogP contribution in [0.1, 0.15) is 18.4 Å². The van der Waals surface area contributed by atoms with E-state index >= 15 is 0 Å². The van der Waals surface area contributed by atoms with Crippen molar-refractivity contribution in [3.8, 4) is 0 Å². The molecule has 2 aromatic carbocycles. The number of carbonyl (C=O) groups is 1. The molecule has 2 aromatic rings. The van der Waals surface area contributed by atoms with Crippen LogP contribution in [0, 0.1) is 5.82 Å². The molecule has 1 amide bonds. The molecule has 138 valence electrons. The van der Waals surface area contributed by atoms with E-state index in [4.69, 9.17) is 16.3 Å². The van der Waals surface area contributed by atoms with Gasteiger partial charge in [-0.2, -0.15) is 0 Å². The summed E-state index contributed by atoms with van der Waals surface area (Å²) in [7, 11) is 0. The summed E-state index contributed by atoms with van der Waals surface area (Å²) >= 11 is 5.88. The Morgan fingerprint density at radius 1 is 1.27 bits per heavy atom. The van der Waals surface area contributed by atoms with Crippen LogP contribution in [0.15, 0.2) is 48.5 Å². The first-order valence-corrected chi connectivity index (χ1v) is 9.11. The van der Waals surface area contributed by atoms with Crippen LogP contribution in [-0.2, 0) is 16.1 Å². The van der Waals surface area contributed by atoms with Crippen LogP contribution in [0.5, 0.6) is 0 Å². The van der Waals surface area contributed by atoms with Crippen molar-refractivity contribution in [2.75, 3.05) is 25.0 Å². The summed E-state index contributed by atoms with van der Waals surface area (Å²) in [5.41, 5.74) is 1.21. The van der Waals surface area contributed by atoms with E-state index < -0.39 is 5.82 Å². The summed E-state index contributed by atoms with van der Waals surface area (Å²) in [6, 6.07) is 14.1. The zero-order chi connectivity index (χ0) is 18.4. The number of benzene rings is 2. The van der Waals surface area contributed by atoms with Crippen molar-refractivity contribution < 1.29 is 13.9 Å². The lowest BCUT2D eigenvalue weighted by Crippen LogP contribution is -2.38. The van der Waals surface area contributed by atoms with Gasteiger partial charge in [-0.05, 0) is 36.6 Å². The lowest BCUT2D eigenvalue weighted by Gasteiger charge is -2.25. The first kappa shape index (κ1) is 18.8. The van der Waals surface area contributed by atoms with Crippen LogP contribution < -0.4 is 5.32 Å². The monoisotopic (exact) mass is 376 g/mol. The van der Waals surface area contributed by atoms with Gasteiger partial charge in [0.15, 0.2) is 0 Å². The molecule has 26 heavy (non-hydrogen) atoms. The fourth-order valence-corrected chi connectivity index (χ4v) is 3.26. The SMILES string of the molecule is O=C(CN(Cc1ccccc1)CC1CCCO1)Nc1cc(Cl)ccc1F. The lowest BCUT2D eigenvalue weighted by atomic mass is 10.2. The minimum absolute atomic E-state index is 0.0966. The highest BCUT2D eigenvalue weighted by Gasteiger charge is 2.21. The molecule has 1 unspecified atom stereocenters. The third kappa shape index (κ3) is 5.53. The average Bonchev–Trinajstić information content (AvgIpc) is 3.12. The maximum absolute atomic E-state index is 13.8. The molecule has 0 spiro atoms. The molecule has 0 radical (unpaired) electrons. The summed E-state index contributed by atoms with van der Waals surface area (Å²) < 4.78 is 19.5. The number of amides is 1. The van der Waals surface area contributed by atoms with Crippen molar-refractivity contribution in [2.45, 2.75) is 25.5 Å². The van der Waals surface area contributed by atoms with Crippen LogP contribution in [0.25, 0.3) is 0 Å². The van der Waals surface area contributed by atoms with Gasteiger partial charge in [0.05, 0.1) is 18.3 Å². The molecule has 0 saturated carbocycles. The van der Waals surface area contributed by atoms with Gasteiger partial charge in [-0.25, -0.2) is 4.39 Å². The Morgan fingerprint density at radius 2 is 2.08 bits per heavy atom. The Morgan fingerprint density at radius 3 is 2.81 bits per heavy atom. The minimum Gasteiger partial charge on any atom is -0.377 e. The third-order valence-electron chi connectivity index (χ3n) is 4.30. The van der Waals surface area contributed by atoms with E-state index in [1.54, 1.807) is 0 Å². The van der Waals surface area contributed by atoms with Gasteiger partial charge >= 0.3 is 0 Å². The predicted molar refractivity (Wildman–Crippen MR) is 101 cm³/mol. The molecule has 0 bridgehead atoms. The maximum atomic E-state index is 13.8. The highest BCUT2D eigenvalue weighted by molar-refractivity contribution is 6.30. The van der Waals surface area contributed by atoms with E-state index in [-0.39, 0.29) is 24.2 Å². The summed E-state index contributed by atoms with van der Waals surface area (Å²) in [5, 5.41) is 2.99. The highest BCUT2D eigenvalue weighted by Crippen LogP contribution is 2.20. The van der Waals surface area contributed by atoms with Crippen molar-refractivity contribution in [3.63, 3.8) is 0 Å². The van der Waals surface area contributed by atoms with E-state index in [0.29, 0.717) is 18.1 Å². The number of hydrogen-bond donors (Lipinski definition) is 1. The fourth-order valence-electron chi connectivity index (χ4n) is 3.09. The minimum atomic E-state index is -0.503. The number of ether oxygens (including phenoxy) is 1. The van der Waals surface area contributed by atoms with Crippen molar-refractivity contribution in [1.29, 1.82) is 0 Å². The smallest absolute Gasteiger partial charge is 0.238 e. The summed E-state index contributed by atoms with van der Waals surface area (Å²) in [6.07, 6.45) is 2.17. The Hall–Kier alpha value is -1.95. The van der Waals surface area contributed by atoms with Crippen LogP contribution >= 0.6 is 11.6 Å². The molecule has 1 heterocycles. The van der Waals surface area contributed by atoms with Gasteiger partial charge in [-0.1, -0.05) is 41.9 Å². The Labute approximate surface area is 157 Å². The summed E-state index contributed by atoms with van der Waals surface area (Å²) in [6.45, 7) is 2.22. The van der Waals surface area contributed by atoms with E-state index in [9.17, 15) is 9.18 Å². The zero-order valence-electron chi connectivity index (χ0n) is 14.5. The predicted octanol–water partition coefficient (Wildman–Crippen LogP) is 4.10. The molecular formula is C20H22ClFN2O2. The molecule has 1 aliphatic rings. The standard InChI is InChI=1S/C20H22ClFN2O2/c21-16-8-9-18(22)19(11-16)23-20(25)14-24(13-17-7-4-10-26-17)12-15-5-2-1-3-6-15/h1-3,5-6,8-9,11,17H,4,7,10,12-14H2,(H,23,25). The molecule has 1 atom stereocenters. The van der Waals surface area contributed by atoms with E-state index in [0.717, 1.165) is 25.0 Å². The Balaban J connectivity index is 1.65. The van der Waals surface area contributed by atoms with Crippen LogP contribution in [-0.4, -0.2) is 36.6 Å². The molecular weight excluding hydrogens is 355 g/mol.